The summed E-state index contributed by atoms with van der Waals surface area (Å²) in [7, 11) is -1.90. The summed E-state index contributed by atoms with van der Waals surface area (Å²) in [6.45, 7) is 9.08. The number of benzene rings is 1. The Bertz CT molecular complexity index is 310. The third-order valence-corrected chi connectivity index (χ3v) is 6.77. The van der Waals surface area contributed by atoms with E-state index in [1.807, 2.05) is 0 Å². The molecule has 0 fully saturated rings. The van der Waals surface area contributed by atoms with Gasteiger partial charge in [-0.05, 0) is 18.2 Å². The van der Waals surface area contributed by atoms with Crippen molar-refractivity contribution in [3.63, 3.8) is 0 Å². The lowest BCUT2D eigenvalue weighted by molar-refractivity contribution is 0.336. The summed E-state index contributed by atoms with van der Waals surface area (Å²) in [5.74, 6) is 0. The van der Waals surface area contributed by atoms with E-state index in [0.29, 0.717) is 0 Å². The Kier molecular flexibility index (Phi) is 5.50. The monoisotopic (exact) mass is 234 g/mol. The van der Waals surface area contributed by atoms with E-state index in [2.05, 4.69) is 56.5 Å². The Morgan fingerprint density at radius 3 is 2.44 bits per heavy atom. The van der Waals surface area contributed by atoms with Crippen LogP contribution >= 0.6 is 0 Å². The molecule has 0 amide bonds. The number of hydrogen-bond donors (Lipinski definition) is 0. The molecule has 1 aromatic rings. The van der Waals surface area contributed by atoms with Crippen molar-refractivity contribution in [2.75, 3.05) is 6.61 Å². The van der Waals surface area contributed by atoms with Crippen molar-refractivity contribution < 1.29 is 4.43 Å². The summed E-state index contributed by atoms with van der Waals surface area (Å²) in [6, 6.07) is 11.7. The molecule has 1 unspecified atom stereocenters. The molecule has 1 nitrogen and oxygen atoms in total. The maximum Gasteiger partial charge on any atom is 0.248 e. The summed E-state index contributed by atoms with van der Waals surface area (Å²) in [5, 5.41) is 1.35. The second-order valence-corrected chi connectivity index (χ2v) is 7.55. The van der Waals surface area contributed by atoms with Crippen LogP contribution in [0.25, 0.3) is 0 Å². The fourth-order valence-electron chi connectivity index (χ4n) is 2.00. The summed E-state index contributed by atoms with van der Waals surface area (Å²) < 4.78 is 6.09. The molecule has 88 valence electrons. The van der Waals surface area contributed by atoms with Crippen LogP contribution in [0.4, 0.5) is 0 Å². The maximum atomic E-state index is 6.09. The lowest BCUT2D eigenvalue weighted by Crippen LogP contribution is -2.49. The average molecular weight is 234 g/mol. The summed E-state index contributed by atoms with van der Waals surface area (Å²) >= 11 is 0. The predicted molar refractivity (Wildman–Crippen MR) is 73.4 cm³/mol. The standard InChI is InChI=1S/C14H22OSi/c1-4-7-13-16(6-3,15-5-2)14-11-9-8-10-12-14/h6,8-12H,3-5,7,13H2,1-2H3. The quantitative estimate of drug-likeness (QED) is 0.657. The molecule has 2 heteroatoms. The van der Waals surface area contributed by atoms with E-state index in [1.54, 1.807) is 0 Å². The van der Waals surface area contributed by atoms with Gasteiger partial charge in [-0.2, -0.15) is 0 Å². The zero-order chi connectivity index (χ0) is 11.9. The number of rotatable bonds is 7. The highest BCUT2D eigenvalue weighted by atomic mass is 28.4. The van der Waals surface area contributed by atoms with Crippen molar-refractivity contribution in [3.05, 3.63) is 42.6 Å². The number of hydrogen-bond acceptors (Lipinski definition) is 1. The van der Waals surface area contributed by atoms with Gasteiger partial charge in [0.1, 0.15) is 0 Å². The molecule has 0 aromatic heterocycles. The Labute approximate surface area is 100 Å². The van der Waals surface area contributed by atoms with Gasteiger partial charge in [0.25, 0.3) is 0 Å². The van der Waals surface area contributed by atoms with E-state index < -0.39 is 8.32 Å². The zero-order valence-corrected chi connectivity index (χ0v) is 11.4. The van der Waals surface area contributed by atoms with Gasteiger partial charge >= 0.3 is 0 Å². The van der Waals surface area contributed by atoms with Crippen molar-refractivity contribution in [1.29, 1.82) is 0 Å². The molecular formula is C14H22OSi. The van der Waals surface area contributed by atoms with E-state index >= 15 is 0 Å². The Morgan fingerprint density at radius 1 is 1.25 bits per heavy atom. The summed E-state index contributed by atoms with van der Waals surface area (Å²) in [4.78, 5) is 0. The van der Waals surface area contributed by atoms with E-state index in [1.165, 1.54) is 18.0 Å². The van der Waals surface area contributed by atoms with E-state index in [0.717, 1.165) is 12.7 Å². The predicted octanol–water partition coefficient (Wildman–Crippen LogP) is 3.40. The van der Waals surface area contributed by atoms with Crippen molar-refractivity contribution in [1.82, 2.24) is 0 Å². The second kappa shape index (κ2) is 6.66. The fourth-order valence-corrected chi connectivity index (χ4v) is 5.30. The molecule has 1 rings (SSSR count). The summed E-state index contributed by atoms with van der Waals surface area (Å²) in [5.41, 5.74) is 2.08. The largest absolute Gasteiger partial charge is 0.409 e. The van der Waals surface area contributed by atoms with Gasteiger partial charge in [0.2, 0.25) is 8.32 Å². The SMILES string of the molecule is C=C[Si](CCCC)(OCC)c1ccccc1. The first-order valence-corrected chi connectivity index (χ1v) is 8.31. The van der Waals surface area contributed by atoms with Crippen LogP contribution in [0.15, 0.2) is 42.6 Å². The average Bonchev–Trinajstić information content (AvgIpc) is 2.36. The highest BCUT2D eigenvalue weighted by Gasteiger charge is 2.32. The molecule has 1 atom stereocenters. The summed E-state index contributed by atoms with van der Waals surface area (Å²) in [6.07, 6.45) is 2.43. The molecule has 0 aliphatic rings. The first-order valence-electron chi connectivity index (χ1n) is 6.12. The van der Waals surface area contributed by atoms with E-state index in [4.69, 9.17) is 4.43 Å². The highest BCUT2D eigenvalue weighted by molar-refractivity contribution is 6.90. The zero-order valence-electron chi connectivity index (χ0n) is 10.4. The van der Waals surface area contributed by atoms with Crippen LogP contribution in [0, 0.1) is 0 Å². The van der Waals surface area contributed by atoms with Crippen LogP contribution in [-0.4, -0.2) is 14.9 Å². The van der Waals surface area contributed by atoms with Crippen molar-refractivity contribution in [2.24, 2.45) is 0 Å². The minimum atomic E-state index is -1.90. The lowest BCUT2D eigenvalue weighted by Gasteiger charge is -2.28. The smallest absolute Gasteiger partial charge is 0.248 e. The molecule has 16 heavy (non-hydrogen) atoms. The molecule has 0 radical (unpaired) electrons. The molecule has 0 spiro atoms. The van der Waals surface area contributed by atoms with Gasteiger partial charge in [-0.1, -0.05) is 55.8 Å². The minimum absolute atomic E-state index is 0.775. The topological polar surface area (TPSA) is 9.23 Å². The first-order chi connectivity index (χ1) is 7.79. The minimum Gasteiger partial charge on any atom is -0.409 e. The van der Waals surface area contributed by atoms with Gasteiger partial charge in [-0.25, -0.2) is 0 Å². The van der Waals surface area contributed by atoms with Gasteiger partial charge in [-0.15, -0.1) is 6.58 Å². The van der Waals surface area contributed by atoms with Crippen LogP contribution in [-0.2, 0) is 4.43 Å². The molecule has 1 aromatic carbocycles. The molecule has 0 bridgehead atoms. The first kappa shape index (κ1) is 13.2. The molecule has 0 heterocycles. The van der Waals surface area contributed by atoms with Gasteiger partial charge in [0.15, 0.2) is 0 Å². The van der Waals surface area contributed by atoms with Crippen LogP contribution < -0.4 is 5.19 Å². The Morgan fingerprint density at radius 2 is 1.94 bits per heavy atom. The van der Waals surface area contributed by atoms with E-state index in [9.17, 15) is 0 Å². The third kappa shape index (κ3) is 3.06. The van der Waals surface area contributed by atoms with Gasteiger partial charge in [0, 0.05) is 6.61 Å². The van der Waals surface area contributed by atoms with Crippen LogP contribution in [0.3, 0.4) is 0 Å². The highest BCUT2D eigenvalue weighted by Crippen LogP contribution is 2.17. The van der Waals surface area contributed by atoms with E-state index in [-0.39, 0.29) is 0 Å². The van der Waals surface area contributed by atoms with Crippen molar-refractivity contribution in [3.8, 4) is 0 Å². The second-order valence-electron chi connectivity index (χ2n) is 4.00. The number of unbranched alkanes of at least 4 members (excludes halogenated alkanes) is 1. The lowest BCUT2D eigenvalue weighted by atomic mass is 10.4. The normalized spacial score (nSPS) is 14.4. The Balaban J connectivity index is 2.96. The van der Waals surface area contributed by atoms with Crippen molar-refractivity contribution >= 4 is 13.5 Å². The molecule has 0 N–H and O–H groups in total. The van der Waals surface area contributed by atoms with Crippen LogP contribution in [0.2, 0.25) is 6.04 Å². The molecular weight excluding hydrogens is 212 g/mol. The fraction of sp³-hybridized carbons (Fsp3) is 0.429. The van der Waals surface area contributed by atoms with Gasteiger partial charge < -0.3 is 4.43 Å². The Hall–Kier alpha value is -0.863. The maximum absolute atomic E-state index is 6.09. The van der Waals surface area contributed by atoms with Crippen molar-refractivity contribution in [2.45, 2.75) is 32.7 Å². The molecule has 0 aliphatic heterocycles. The molecule has 0 saturated heterocycles. The van der Waals surface area contributed by atoms with Gasteiger partial charge in [-0.3, -0.25) is 0 Å². The van der Waals surface area contributed by atoms with Crippen LogP contribution in [0.1, 0.15) is 26.7 Å². The molecule has 0 aliphatic carbocycles. The molecule has 0 saturated carbocycles. The third-order valence-electron chi connectivity index (χ3n) is 2.90. The van der Waals surface area contributed by atoms with Gasteiger partial charge in [0.05, 0.1) is 0 Å². The van der Waals surface area contributed by atoms with Crippen LogP contribution in [0.5, 0.6) is 0 Å².